The second-order valence-electron chi connectivity index (χ2n) is 1.000. The Labute approximate surface area is 91.7 Å². The molecule has 0 aliphatic rings. The van der Waals surface area contributed by atoms with Gasteiger partial charge in [0.1, 0.15) is 0 Å². The average Bonchev–Trinajstić information content (AvgIpc) is 1.37. The summed E-state index contributed by atoms with van der Waals surface area (Å²) in [5.41, 5.74) is 0. The third-order valence-corrected chi connectivity index (χ3v) is 0.500. The Morgan fingerprint density at radius 2 is 1.14 bits per heavy atom. The van der Waals surface area contributed by atoms with Crippen molar-refractivity contribution in [1.29, 1.82) is 0 Å². The van der Waals surface area contributed by atoms with E-state index in [4.69, 9.17) is 0 Å². The maximum absolute atomic E-state index is 2.18. The Balaban J connectivity index is -0.0000000150. The van der Waals surface area contributed by atoms with Crippen LogP contribution in [-0.2, 0) is 21.1 Å². The van der Waals surface area contributed by atoms with Gasteiger partial charge in [0.2, 0.25) is 0 Å². The summed E-state index contributed by atoms with van der Waals surface area (Å²) in [6.45, 7) is 4.36. The first-order valence-corrected chi connectivity index (χ1v) is 1.91. The number of hydrogen-bond donors (Lipinski definition) is 0. The summed E-state index contributed by atoms with van der Waals surface area (Å²) in [7, 11) is 0. The molecule has 0 aromatic carbocycles. The van der Waals surface area contributed by atoms with Gasteiger partial charge in [-0.3, -0.25) is 0 Å². The summed E-state index contributed by atoms with van der Waals surface area (Å²) in [5, 5.41) is 0. The van der Waals surface area contributed by atoms with Crippen LogP contribution < -0.4 is 0 Å². The molecule has 0 aliphatic heterocycles. The molecule has 0 aliphatic carbocycles. The van der Waals surface area contributed by atoms with Crippen molar-refractivity contribution in [3.8, 4) is 0 Å². The molecule has 0 aromatic heterocycles. The van der Waals surface area contributed by atoms with E-state index in [0.29, 0.717) is 0 Å². The van der Waals surface area contributed by atoms with Gasteiger partial charge in [-0.2, -0.15) is 0 Å². The van der Waals surface area contributed by atoms with Crippen molar-refractivity contribution in [2.45, 2.75) is 34.1 Å². The van der Waals surface area contributed by atoms with Gasteiger partial charge < -0.3 is 0 Å². The van der Waals surface area contributed by atoms with Crippen molar-refractivity contribution in [3.63, 3.8) is 0 Å². The molecule has 0 amide bonds. The third-order valence-electron chi connectivity index (χ3n) is 0.500. The fourth-order valence-corrected chi connectivity index (χ4v) is 0. The molecular formula is C5H14ArPt. The molecule has 0 N–H and O–H groups in total. The van der Waals surface area contributed by atoms with Gasteiger partial charge in [0.05, 0.1) is 0 Å². The van der Waals surface area contributed by atoms with Crippen molar-refractivity contribution in [2.75, 3.05) is 0 Å². The van der Waals surface area contributed by atoms with Crippen LogP contribution in [0.15, 0.2) is 0 Å². The molecule has 52 valence electrons. The molecule has 0 spiro atoms. The molecule has 0 atom stereocenters. The minimum Gasteiger partial charge on any atom is -0.0776 e. The normalized spacial score (nSPS) is 4.29. The van der Waals surface area contributed by atoms with Gasteiger partial charge in [0.25, 0.3) is 0 Å². The summed E-state index contributed by atoms with van der Waals surface area (Å²) in [6.07, 6.45) is 2.64. The maximum atomic E-state index is 2.18. The van der Waals surface area contributed by atoms with Crippen LogP contribution in [0.5, 0.6) is 0 Å². The molecule has 0 rings (SSSR count). The molecule has 0 radical (unpaired) electrons. The average molecular weight is 309 g/mol. The van der Waals surface area contributed by atoms with E-state index in [0.717, 1.165) is 0 Å². The van der Waals surface area contributed by atoms with E-state index in [-0.39, 0.29) is 66.2 Å². The fraction of sp³-hybridized carbons (Fsp3) is 1.00. The second kappa shape index (κ2) is 24.6. The summed E-state index contributed by atoms with van der Waals surface area (Å²) in [4.78, 5) is 0. The predicted molar refractivity (Wildman–Crippen MR) is 27.3 cm³/mol. The molecule has 7 heavy (non-hydrogen) atoms. The monoisotopic (exact) mass is 309 g/mol. The van der Waals surface area contributed by atoms with Crippen molar-refractivity contribution < 1.29 is 58.8 Å². The second-order valence-corrected chi connectivity index (χ2v) is 1.000. The zero-order chi connectivity index (χ0) is 3.41. The first-order chi connectivity index (χ1) is 1.91. The molecule has 2 heteroatoms. The number of unbranched alkanes of at least 4 members (excludes halogenated alkanes) is 1. The van der Waals surface area contributed by atoms with E-state index in [1.807, 2.05) is 0 Å². The zero-order valence-electron chi connectivity index (χ0n) is 4.08. The Morgan fingerprint density at radius 3 is 1.14 bits per heavy atom. The van der Waals surface area contributed by atoms with Crippen LogP contribution in [0.2, 0.25) is 0 Å². The molecule has 0 saturated carbocycles. The van der Waals surface area contributed by atoms with Gasteiger partial charge >= 0.3 is 0 Å². The van der Waals surface area contributed by atoms with E-state index in [9.17, 15) is 0 Å². The van der Waals surface area contributed by atoms with Gasteiger partial charge in [0, 0.05) is 58.8 Å². The summed E-state index contributed by atoms with van der Waals surface area (Å²) < 4.78 is 0. The topological polar surface area (TPSA) is 0 Å². The molecule has 0 nitrogen and oxygen atoms in total. The van der Waals surface area contributed by atoms with Crippen molar-refractivity contribution in [2.24, 2.45) is 0 Å². The van der Waals surface area contributed by atoms with Gasteiger partial charge in [-0.25, -0.2) is 0 Å². The van der Waals surface area contributed by atoms with Gasteiger partial charge in [-0.1, -0.05) is 34.1 Å². The van der Waals surface area contributed by atoms with Crippen LogP contribution in [0, 0.1) is 37.7 Å². The molecule has 0 saturated heterocycles. The van der Waals surface area contributed by atoms with Crippen molar-refractivity contribution >= 4 is 0 Å². The van der Waals surface area contributed by atoms with E-state index >= 15 is 0 Å². The minimum atomic E-state index is 0. The first-order valence-electron chi connectivity index (χ1n) is 1.91. The Bertz CT molecular complexity index is 10.0. The molecule has 0 unspecified atom stereocenters. The largest absolute Gasteiger partial charge is 0.0776 e. The fourth-order valence-electron chi connectivity index (χ4n) is 0. The SMILES string of the molecule is C.CCCC.[Ar].[Pt]. The quantitative estimate of drug-likeness (QED) is 0.698. The van der Waals surface area contributed by atoms with Crippen LogP contribution >= 0.6 is 0 Å². The Kier molecular flexibility index (Phi) is 81.2. The number of rotatable bonds is 1. The van der Waals surface area contributed by atoms with Crippen LogP contribution in [0.1, 0.15) is 34.1 Å². The molecule has 0 bridgehead atoms. The summed E-state index contributed by atoms with van der Waals surface area (Å²) >= 11 is 0. The molecule has 0 heterocycles. The van der Waals surface area contributed by atoms with Gasteiger partial charge in [-0.05, 0) is 0 Å². The smallest absolute Gasteiger partial charge is 0 e. The van der Waals surface area contributed by atoms with E-state index < -0.39 is 0 Å². The third kappa shape index (κ3) is 32.4. The minimum absolute atomic E-state index is 0. The summed E-state index contributed by atoms with van der Waals surface area (Å²) in [6, 6.07) is 0. The van der Waals surface area contributed by atoms with Crippen LogP contribution in [-0.4, -0.2) is 0 Å². The first kappa shape index (κ1) is 23.1. The maximum Gasteiger partial charge on any atom is 0 e. The van der Waals surface area contributed by atoms with Crippen LogP contribution in [0.25, 0.3) is 0 Å². The van der Waals surface area contributed by atoms with Crippen LogP contribution in [0.4, 0.5) is 0 Å². The molecule has 0 aromatic rings. The van der Waals surface area contributed by atoms with Crippen molar-refractivity contribution in [1.82, 2.24) is 0 Å². The number of hydrogen-bond acceptors (Lipinski definition) is 0. The van der Waals surface area contributed by atoms with Gasteiger partial charge in [-0.15, -0.1) is 0 Å². The molecule has 0 fully saturated rings. The van der Waals surface area contributed by atoms with Gasteiger partial charge in [0.15, 0.2) is 0 Å². The Morgan fingerprint density at radius 1 is 1.00 bits per heavy atom. The van der Waals surface area contributed by atoms with Crippen LogP contribution in [0.3, 0.4) is 0 Å². The van der Waals surface area contributed by atoms with E-state index in [2.05, 4.69) is 13.8 Å². The standard InChI is InChI=1S/C4H10.CH4.Ar.Pt/c1-3-4-2;;;/h3-4H2,1-2H3;1H4;;. The van der Waals surface area contributed by atoms with E-state index in [1.54, 1.807) is 0 Å². The predicted octanol–water partition coefficient (Wildman–Crippen LogP) is 2.44. The zero-order valence-corrected chi connectivity index (χ0v) is 7.06. The van der Waals surface area contributed by atoms with Crippen molar-refractivity contribution in [3.05, 3.63) is 0 Å². The Hall–Kier alpha value is 1.95. The summed E-state index contributed by atoms with van der Waals surface area (Å²) in [5.74, 6) is 0. The van der Waals surface area contributed by atoms with E-state index in [1.165, 1.54) is 12.8 Å². The molecular weight excluding hydrogens is 295 g/mol.